The minimum atomic E-state index is -0.117. The number of ether oxygens (including phenoxy) is 1. The number of amides is 2. The van der Waals surface area contributed by atoms with E-state index >= 15 is 0 Å². The molecule has 1 aliphatic rings. The number of rotatable bonds is 8. The molecule has 26 heavy (non-hydrogen) atoms. The number of nitrogens with one attached hydrogen (secondary N) is 2. The molecule has 0 spiro atoms. The summed E-state index contributed by atoms with van der Waals surface area (Å²) in [6.45, 7) is 1.39. The number of urea groups is 1. The van der Waals surface area contributed by atoms with E-state index in [1.54, 1.807) is 0 Å². The van der Waals surface area contributed by atoms with Crippen molar-refractivity contribution in [2.24, 2.45) is 0 Å². The molecule has 0 unspecified atom stereocenters. The van der Waals surface area contributed by atoms with Crippen molar-refractivity contribution >= 4 is 6.03 Å². The molecule has 1 saturated heterocycles. The predicted molar refractivity (Wildman–Crippen MR) is 104 cm³/mol. The van der Waals surface area contributed by atoms with Gasteiger partial charge >= 0.3 is 6.03 Å². The van der Waals surface area contributed by atoms with Crippen molar-refractivity contribution in [2.45, 2.75) is 44.2 Å². The van der Waals surface area contributed by atoms with E-state index in [9.17, 15) is 4.79 Å². The zero-order valence-electron chi connectivity index (χ0n) is 15.2. The van der Waals surface area contributed by atoms with Gasteiger partial charge in [-0.1, -0.05) is 60.7 Å². The molecule has 138 valence electrons. The molecule has 4 nitrogen and oxygen atoms in total. The fraction of sp³-hybridized carbons (Fsp3) is 0.409. The van der Waals surface area contributed by atoms with Crippen LogP contribution in [-0.2, 0) is 11.2 Å². The second-order valence-corrected chi connectivity index (χ2v) is 6.83. The molecule has 0 aromatic heterocycles. The summed E-state index contributed by atoms with van der Waals surface area (Å²) in [7, 11) is 0. The molecule has 4 heteroatoms. The van der Waals surface area contributed by atoms with Crippen molar-refractivity contribution in [3.05, 3.63) is 71.8 Å². The van der Waals surface area contributed by atoms with E-state index in [1.807, 2.05) is 24.3 Å². The van der Waals surface area contributed by atoms with Crippen molar-refractivity contribution in [3.63, 3.8) is 0 Å². The van der Waals surface area contributed by atoms with Gasteiger partial charge in [0.25, 0.3) is 0 Å². The largest absolute Gasteiger partial charge is 0.376 e. The molecule has 1 heterocycles. The molecular formula is C22H28N2O2. The monoisotopic (exact) mass is 352 g/mol. The second kappa shape index (κ2) is 9.97. The lowest BCUT2D eigenvalue weighted by atomic mass is 9.99. The highest BCUT2D eigenvalue weighted by molar-refractivity contribution is 5.74. The first-order valence-electron chi connectivity index (χ1n) is 9.56. The minimum Gasteiger partial charge on any atom is -0.376 e. The highest BCUT2D eigenvalue weighted by atomic mass is 16.5. The van der Waals surface area contributed by atoms with Crippen LogP contribution < -0.4 is 10.6 Å². The van der Waals surface area contributed by atoms with Crippen LogP contribution in [0.2, 0.25) is 0 Å². The summed E-state index contributed by atoms with van der Waals surface area (Å²) in [6, 6.07) is 20.6. The Bertz CT molecular complexity index is 654. The van der Waals surface area contributed by atoms with Gasteiger partial charge in [-0.05, 0) is 43.2 Å². The van der Waals surface area contributed by atoms with Crippen LogP contribution in [0.1, 0.15) is 42.9 Å². The van der Waals surface area contributed by atoms with E-state index < -0.39 is 0 Å². The van der Waals surface area contributed by atoms with Crippen molar-refractivity contribution < 1.29 is 9.53 Å². The van der Waals surface area contributed by atoms with Crippen LogP contribution >= 0.6 is 0 Å². The summed E-state index contributed by atoms with van der Waals surface area (Å²) in [5.41, 5.74) is 2.48. The minimum absolute atomic E-state index is 0.0180. The van der Waals surface area contributed by atoms with Crippen LogP contribution in [-0.4, -0.2) is 25.3 Å². The topological polar surface area (TPSA) is 50.4 Å². The third kappa shape index (κ3) is 5.88. The molecule has 2 amide bonds. The standard InChI is InChI=1S/C22H28N2O2/c25-22(23-17-20-14-8-16-26-20)24-21(19-12-5-2-6-13-19)15-7-11-18-9-3-1-4-10-18/h1-6,9-10,12-13,20-21H,7-8,11,14-17H2,(H2,23,24,25)/t20-,21+/m0/s1. The Morgan fingerprint density at radius 3 is 2.50 bits per heavy atom. The summed E-state index contributed by atoms with van der Waals surface area (Å²) in [4.78, 5) is 12.3. The number of carbonyl (C=O) groups is 1. The van der Waals surface area contributed by atoms with Crippen molar-refractivity contribution in [2.75, 3.05) is 13.2 Å². The summed E-state index contributed by atoms with van der Waals surface area (Å²) in [5.74, 6) is 0. The smallest absolute Gasteiger partial charge is 0.315 e. The van der Waals surface area contributed by atoms with Crippen LogP contribution in [0, 0.1) is 0 Å². The zero-order valence-corrected chi connectivity index (χ0v) is 15.2. The Morgan fingerprint density at radius 2 is 1.81 bits per heavy atom. The van der Waals surface area contributed by atoms with Gasteiger partial charge in [0, 0.05) is 13.2 Å². The SMILES string of the molecule is O=C(NC[C@@H]1CCCO1)N[C@H](CCCc1ccccc1)c1ccccc1. The van der Waals surface area contributed by atoms with Crippen LogP contribution in [0.25, 0.3) is 0 Å². The fourth-order valence-electron chi connectivity index (χ4n) is 3.38. The summed E-state index contributed by atoms with van der Waals surface area (Å²) in [5, 5.41) is 6.10. The first kappa shape index (κ1) is 18.5. The first-order valence-corrected chi connectivity index (χ1v) is 9.56. The van der Waals surface area contributed by atoms with Gasteiger partial charge in [0.2, 0.25) is 0 Å². The van der Waals surface area contributed by atoms with Gasteiger partial charge in [-0.15, -0.1) is 0 Å². The molecule has 2 N–H and O–H groups in total. The fourth-order valence-corrected chi connectivity index (χ4v) is 3.38. The average molecular weight is 352 g/mol. The van der Waals surface area contributed by atoms with Crippen LogP contribution in [0.4, 0.5) is 4.79 Å². The number of hydrogen-bond acceptors (Lipinski definition) is 2. The Hall–Kier alpha value is -2.33. The molecule has 1 fully saturated rings. The summed E-state index contributed by atoms with van der Waals surface area (Å²) < 4.78 is 5.56. The molecule has 0 saturated carbocycles. The molecule has 0 bridgehead atoms. The maximum absolute atomic E-state index is 12.3. The second-order valence-electron chi connectivity index (χ2n) is 6.83. The van der Waals surface area contributed by atoms with E-state index in [-0.39, 0.29) is 18.2 Å². The van der Waals surface area contributed by atoms with Gasteiger partial charge in [-0.2, -0.15) is 0 Å². The number of aryl methyl sites for hydroxylation is 1. The van der Waals surface area contributed by atoms with Gasteiger partial charge in [0.1, 0.15) is 0 Å². The third-order valence-electron chi connectivity index (χ3n) is 4.82. The number of carbonyl (C=O) groups excluding carboxylic acids is 1. The number of hydrogen-bond donors (Lipinski definition) is 2. The predicted octanol–water partition coefficient (Wildman–Crippen LogP) is 4.23. The average Bonchev–Trinajstić information content (AvgIpc) is 3.21. The molecule has 3 rings (SSSR count). The summed E-state index contributed by atoms with van der Waals surface area (Å²) >= 11 is 0. The maximum Gasteiger partial charge on any atom is 0.315 e. The molecular weight excluding hydrogens is 324 g/mol. The lowest BCUT2D eigenvalue weighted by Gasteiger charge is -2.20. The molecule has 0 radical (unpaired) electrons. The van der Waals surface area contributed by atoms with E-state index in [1.165, 1.54) is 5.56 Å². The highest BCUT2D eigenvalue weighted by Crippen LogP contribution is 2.20. The Labute approximate surface area is 156 Å². The van der Waals surface area contributed by atoms with Crippen molar-refractivity contribution in [1.29, 1.82) is 0 Å². The Balaban J connectivity index is 1.52. The molecule has 0 aliphatic carbocycles. The van der Waals surface area contributed by atoms with E-state index in [4.69, 9.17) is 4.74 Å². The molecule has 2 atom stereocenters. The molecule has 2 aromatic rings. The van der Waals surface area contributed by atoms with E-state index in [0.29, 0.717) is 6.54 Å². The first-order chi connectivity index (χ1) is 12.8. The molecule has 1 aliphatic heterocycles. The Morgan fingerprint density at radius 1 is 1.08 bits per heavy atom. The van der Waals surface area contributed by atoms with Crippen molar-refractivity contribution in [3.8, 4) is 0 Å². The van der Waals surface area contributed by atoms with Gasteiger partial charge in [-0.25, -0.2) is 4.79 Å². The zero-order chi connectivity index (χ0) is 18.0. The van der Waals surface area contributed by atoms with Crippen LogP contribution in [0.3, 0.4) is 0 Å². The maximum atomic E-state index is 12.3. The quantitative estimate of drug-likeness (QED) is 0.747. The normalized spacial score (nSPS) is 17.6. The summed E-state index contributed by atoms with van der Waals surface area (Å²) in [6.07, 6.45) is 5.22. The van der Waals surface area contributed by atoms with E-state index in [0.717, 1.165) is 44.3 Å². The highest BCUT2D eigenvalue weighted by Gasteiger charge is 2.18. The lowest BCUT2D eigenvalue weighted by molar-refractivity contribution is 0.111. The number of benzene rings is 2. The van der Waals surface area contributed by atoms with Crippen molar-refractivity contribution in [1.82, 2.24) is 10.6 Å². The van der Waals surface area contributed by atoms with Gasteiger partial charge in [-0.3, -0.25) is 0 Å². The van der Waals surface area contributed by atoms with Crippen LogP contribution in [0.15, 0.2) is 60.7 Å². The third-order valence-corrected chi connectivity index (χ3v) is 4.82. The van der Waals surface area contributed by atoms with Gasteiger partial charge < -0.3 is 15.4 Å². The van der Waals surface area contributed by atoms with Crippen LogP contribution in [0.5, 0.6) is 0 Å². The lowest BCUT2D eigenvalue weighted by Crippen LogP contribution is -2.41. The van der Waals surface area contributed by atoms with E-state index in [2.05, 4.69) is 47.0 Å². The molecule has 2 aromatic carbocycles. The van der Waals surface area contributed by atoms with Gasteiger partial charge in [0.15, 0.2) is 0 Å². The van der Waals surface area contributed by atoms with Gasteiger partial charge in [0.05, 0.1) is 12.1 Å². The Kier molecular flexibility index (Phi) is 7.08.